The summed E-state index contributed by atoms with van der Waals surface area (Å²) in [7, 11) is 0. The molecule has 5 heteroatoms. The molecule has 122 valence electrons. The van der Waals surface area contributed by atoms with E-state index in [0.717, 1.165) is 16.0 Å². The lowest BCUT2D eigenvalue weighted by atomic mass is 10.1. The van der Waals surface area contributed by atoms with Crippen LogP contribution in [0.3, 0.4) is 0 Å². The summed E-state index contributed by atoms with van der Waals surface area (Å²) in [6.07, 6.45) is 1.75. The fourth-order valence-electron chi connectivity index (χ4n) is 2.22. The van der Waals surface area contributed by atoms with Gasteiger partial charge in [-0.1, -0.05) is 51.8 Å². The molecule has 1 heterocycles. The van der Waals surface area contributed by atoms with Crippen LogP contribution in [-0.4, -0.2) is 9.97 Å². The maximum absolute atomic E-state index is 4.50. The molecule has 2 N–H and O–H groups in total. The fraction of sp³-hybridized carbons (Fsp3) is 0.158. The molecule has 0 unspecified atom stereocenters. The number of aryl methyl sites for hydroxylation is 2. The highest BCUT2D eigenvalue weighted by molar-refractivity contribution is 9.10. The minimum atomic E-state index is 0.603. The van der Waals surface area contributed by atoms with E-state index in [-0.39, 0.29) is 0 Å². The molecule has 0 bridgehead atoms. The lowest BCUT2D eigenvalue weighted by Crippen LogP contribution is -2.05. The second-order valence-corrected chi connectivity index (χ2v) is 6.55. The summed E-state index contributed by atoms with van der Waals surface area (Å²) >= 11 is 3.54. The van der Waals surface area contributed by atoms with E-state index in [1.165, 1.54) is 16.7 Å². The SMILES string of the molecule is Cc1ccc(CNc2nccc(Nc3ccc(C)c(Br)c3)n2)cc1. The molecule has 1 aromatic heterocycles. The number of nitrogens with zero attached hydrogens (tertiary/aromatic N) is 2. The van der Waals surface area contributed by atoms with Crippen LogP contribution in [0.4, 0.5) is 17.5 Å². The van der Waals surface area contributed by atoms with Crippen molar-refractivity contribution in [2.75, 3.05) is 10.6 Å². The molecule has 0 saturated carbocycles. The monoisotopic (exact) mass is 382 g/mol. The summed E-state index contributed by atoms with van der Waals surface area (Å²) in [5, 5.41) is 6.55. The summed E-state index contributed by atoms with van der Waals surface area (Å²) in [4.78, 5) is 8.78. The summed E-state index contributed by atoms with van der Waals surface area (Å²) in [6.45, 7) is 4.84. The van der Waals surface area contributed by atoms with Gasteiger partial charge in [0.05, 0.1) is 0 Å². The Kier molecular flexibility index (Phi) is 5.11. The van der Waals surface area contributed by atoms with Crippen LogP contribution in [0.2, 0.25) is 0 Å². The van der Waals surface area contributed by atoms with E-state index < -0.39 is 0 Å². The molecule has 0 aliphatic rings. The standard InChI is InChI=1S/C19H19BrN4/c1-13-3-6-15(7-4-13)12-22-19-21-10-9-18(24-19)23-16-8-5-14(2)17(20)11-16/h3-11H,12H2,1-2H3,(H2,21,22,23,24). The van der Waals surface area contributed by atoms with Gasteiger partial charge in [0, 0.05) is 22.9 Å². The smallest absolute Gasteiger partial charge is 0.224 e. The molecule has 0 aliphatic heterocycles. The highest BCUT2D eigenvalue weighted by atomic mass is 79.9. The summed E-state index contributed by atoms with van der Waals surface area (Å²) < 4.78 is 1.07. The van der Waals surface area contributed by atoms with Crippen LogP contribution < -0.4 is 10.6 Å². The lowest BCUT2D eigenvalue weighted by Gasteiger charge is -2.09. The molecular formula is C19H19BrN4. The third kappa shape index (κ3) is 4.32. The number of rotatable bonds is 5. The maximum Gasteiger partial charge on any atom is 0.224 e. The average Bonchev–Trinajstić information content (AvgIpc) is 2.58. The van der Waals surface area contributed by atoms with E-state index in [0.29, 0.717) is 12.5 Å². The molecule has 0 radical (unpaired) electrons. The molecule has 0 spiro atoms. The van der Waals surface area contributed by atoms with E-state index in [1.54, 1.807) is 6.20 Å². The quantitative estimate of drug-likeness (QED) is 0.635. The van der Waals surface area contributed by atoms with Gasteiger partial charge in [0.25, 0.3) is 0 Å². The zero-order valence-electron chi connectivity index (χ0n) is 13.7. The van der Waals surface area contributed by atoms with Gasteiger partial charge in [-0.3, -0.25) is 0 Å². The van der Waals surface area contributed by atoms with Crippen LogP contribution in [0.1, 0.15) is 16.7 Å². The summed E-state index contributed by atoms with van der Waals surface area (Å²) in [5.74, 6) is 1.36. The Hall–Kier alpha value is -2.40. The second-order valence-electron chi connectivity index (χ2n) is 5.69. The number of hydrogen-bond donors (Lipinski definition) is 2. The van der Waals surface area contributed by atoms with Crippen molar-refractivity contribution in [3.63, 3.8) is 0 Å². The largest absolute Gasteiger partial charge is 0.350 e. The zero-order chi connectivity index (χ0) is 16.9. The van der Waals surface area contributed by atoms with Crippen LogP contribution in [-0.2, 0) is 6.54 Å². The van der Waals surface area contributed by atoms with Crippen molar-refractivity contribution in [3.8, 4) is 0 Å². The number of benzene rings is 2. The van der Waals surface area contributed by atoms with Crippen molar-refractivity contribution >= 4 is 33.4 Å². The summed E-state index contributed by atoms with van der Waals surface area (Å²) in [5.41, 5.74) is 4.63. The maximum atomic E-state index is 4.50. The van der Waals surface area contributed by atoms with Gasteiger partial charge in [0.15, 0.2) is 0 Å². The Morgan fingerprint density at radius 1 is 1.00 bits per heavy atom. The van der Waals surface area contributed by atoms with E-state index in [9.17, 15) is 0 Å². The number of anilines is 3. The predicted molar refractivity (Wildman–Crippen MR) is 103 cm³/mol. The number of hydrogen-bond acceptors (Lipinski definition) is 4. The topological polar surface area (TPSA) is 49.8 Å². The lowest BCUT2D eigenvalue weighted by molar-refractivity contribution is 1.05. The van der Waals surface area contributed by atoms with Crippen molar-refractivity contribution in [1.29, 1.82) is 0 Å². The Bertz CT molecular complexity index is 831. The van der Waals surface area contributed by atoms with Gasteiger partial charge in [-0.15, -0.1) is 0 Å². The molecule has 2 aromatic carbocycles. The Morgan fingerprint density at radius 2 is 1.79 bits per heavy atom. The first-order chi connectivity index (χ1) is 11.6. The van der Waals surface area contributed by atoms with Gasteiger partial charge in [0.2, 0.25) is 5.95 Å². The van der Waals surface area contributed by atoms with Gasteiger partial charge >= 0.3 is 0 Å². The molecule has 0 atom stereocenters. The fourth-order valence-corrected chi connectivity index (χ4v) is 2.60. The van der Waals surface area contributed by atoms with Crippen LogP contribution in [0.15, 0.2) is 59.2 Å². The second kappa shape index (κ2) is 7.45. The average molecular weight is 383 g/mol. The highest BCUT2D eigenvalue weighted by Gasteiger charge is 2.02. The first-order valence-corrected chi connectivity index (χ1v) is 8.55. The van der Waals surface area contributed by atoms with E-state index in [2.05, 4.69) is 80.7 Å². The molecule has 0 aliphatic carbocycles. The van der Waals surface area contributed by atoms with Crippen LogP contribution in [0.5, 0.6) is 0 Å². The molecule has 3 rings (SSSR count). The normalized spacial score (nSPS) is 10.5. The minimum Gasteiger partial charge on any atom is -0.350 e. The first kappa shape index (κ1) is 16.5. The molecular weight excluding hydrogens is 364 g/mol. The van der Waals surface area contributed by atoms with Crippen molar-refractivity contribution in [3.05, 3.63) is 75.9 Å². The van der Waals surface area contributed by atoms with Crippen LogP contribution in [0, 0.1) is 13.8 Å². The van der Waals surface area contributed by atoms with Crippen molar-refractivity contribution in [2.45, 2.75) is 20.4 Å². The number of aromatic nitrogens is 2. The van der Waals surface area contributed by atoms with Crippen LogP contribution in [0.25, 0.3) is 0 Å². The molecule has 0 amide bonds. The third-order valence-corrected chi connectivity index (χ3v) is 4.53. The van der Waals surface area contributed by atoms with E-state index in [4.69, 9.17) is 0 Å². The molecule has 0 saturated heterocycles. The molecule has 3 aromatic rings. The highest BCUT2D eigenvalue weighted by Crippen LogP contribution is 2.23. The first-order valence-electron chi connectivity index (χ1n) is 7.76. The van der Waals surface area contributed by atoms with E-state index >= 15 is 0 Å². The third-order valence-electron chi connectivity index (χ3n) is 3.67. The van der Waals surface area contributed by atoms with Gasteiger partial charge in [-0.2, -0.15) is 4.98 Å². The molecule has 24 heavy (non-hydrogen) atoms. The number of nitrogens with one attached hydrogen (secondary N) is 2. The van der Waals surface area contributed by atoms with Crippen LogP contribution >= 0.6 is 15.9 Å². The van der Waals surface area contributed by atoms with Gasteiger partial charge in [-0.25, -0.2) is 4.98 Å². The van der Waals surface area contributed by atoms with Crippen molar-refractivity contribution < 1.29 is 0 Å². The van der Waals surface area contributed by atoms with Crippen molar-refractivity contribution in [2.24, 2.45) is 0 Å². The Balaban J connectivity index is 1.67. The Labute approximate surface area is 150 Å². The number of halogens is 1. The zero-order valence-corrected chi connectivity index (χ0v) is 15.3. The molecule has 4 nitrogen and oxygen atoms in total. The van der Waals surface area contributed by atoms with Gasteiger partial charge < -0.3 is 10.6 Å². The van der Waals surface area contributed by atoms with Crippen molar-refractivity contribution in [1.82, 2.24) is 9.97 Å². The van der Waals surface area contributed by atoms with Gasteiger partial charge in [0.1, 0.15) is 5.82 Å². The predicted octanol–water partition coefficient (Wildman–Crippen LogP) is 5.21. The summed E-state index contributed by atoms with van der Waals surface area (Å²) in [6, 6.07) is 16.4. The van der Waals surface area contributed by atoms with Gasteiger partial charge in [-0.05, 0) is 43.2 Å². The molecule has 0 fully saturated rings. The Morgan fingerprint density at radius 3 is 2.54 bits per heavy atom. The minimum absolute atomic E-state index is 0.603. The van der Waals surface area contributed by atoms with E-state index in [1.807, 2.05) is 18.2 Å².